The van der Waals surface area contributed by atoms with Gasteiger partial charge in [0.25, 0.3) is 0 Å². The molecule has 0 radical (unpaired) electrons. The average molecular weight is 205 g/mol. The number of ether oxygens (including phenoxy) is 1. The van der Waals surface area contributed by atoms with E-state index in [1.807, 2.05) is 6.92 Å². The number of aliphatic carboxylic acids is 1. The second-order valence-electron chi connectivity index (χ2n) is 2.69. The predicted molar refractivity (Wildman–Crippen MR) is 47.8 cm³/mol. The molecule has 0 heterocycles. The van der Waals surface area contributed by atoms with Crippen molar-refractivity contribution in [2.24, 2.45) is 0 Å². The third-order valence-electron chi connectivity index (χ3n) is 1.40. The Morgan fingerprint density at radius 2 is 2.14 bits per heavy atom. The molecule has 0 fully saturated rings. The minimum Gasteiger partial charge on any atom is -0.480 e. The third-order valence-corrected chi connectivity index (χ3v) is 1.40. The normalized spacial score (nSPS) is 12.1. The van der Waals surface area contributed by atoms with Crippen molar-refractivity contribution in [1.82, 2.24) is 5.32 Å². The minimum absolute atomic E-state index is 0.183. The molecule has 0 unspecified atom stereocenters. The minimum atomic E-state index is -1.27. The molecule has 1 atom stereocenters. The Hall–Kier alpha value is -1.14. The van der Waals surface area contributed by atoms with E-state index >= 15 is 0 Å². The lowest BCUT2D eigenvalue weighted by Gasteiger charge is -2.11. The van der Waals surface area contributed by atoms with E-state index in [1.54, 1.807) is 0 Å². The molecule has 0 rings (SSSR count). The Kier molecular flexibility index (Phi) is 6.69. The standard InChI is InChI=1S/C8H15NO5/c1-2-3-14-5-7(11)9-6(4-10)8(12)13/h6,10H,2-5H2,1H3,(H,9,11)(H,12,13)/t6-/m0/s1. The second kappa shape index (κ2) is 7.28. The Labute approximate surface area is 81.9 Å². The van der Waals surface area contributed by atoms with Crippen LogP contribution in [0.5, 0.6) is 0 Å². The highest BCUT2D eigenvalue weighted by molar-refractivity contribution is 5.84. The highest BCUT2D eigenvalue weighted by atomic mass is 16.5. The smallest absolute Gasteiger partial charge is 0.328 e. The van der Waals surface area contributed by atoms with E-state index < -0.39 is 24.5 Å². The number of rotatable bonds is 7. The fraction of sp³-hybridized carbons (Fsp3) is 0.750. The van der Waals surface area contributed by atoms with Gasteiger partial charge in [-0.25, -0.2) is 4.79 Å². The van der Waals surface area contributed by atoms with Crippen LogP contribution in [0.1, 0.15) is 13.3 Å². The van der Waals surface area contributed by atoms with E-state index in [0.717, 1.165) is 6.42 Å². The molecular weight excluding hydrogens is 190 g/mol. The number of carbonyl (C=O) groups excluding carboxylic acids is 1. The summed E-state index contributed by atoms with van der Waals surface area (Å²) in [4.78, 5) is 21.4. The number of aliphatic hydroxyl groups excluding tert-OH is 1. The van der Waals surface area contributed by atoms with E-state index in [4.69, 9.17) is 14.9 Å². The van der Waals surface area contributed by atoms with Crippen molar-refractivity contribution in [3.05, 3.63) is 0 Å². The molecule has 14 heavy (non-hydrogen) atoms. The van der Waals surface area contributed by atoms with Crippen LogP contribution in [-0.2, 0) is 14.3 Å². The highest BCUT2D eigenvalue weighted by Crippen LogP contribution is 1.85. The maximum absolute atomic E-state index is 11.0. The molecule has 0 spiro atoms. The van der Waals surface area contributed by atoms with Crippen LogP contribution in [-0.4, -0.2) is 48.0 Å². The summed E-state index contributed by atoms with van der Waals surface area (Å²) in [7, 11) is 0. The fourth-order valence-corrected chi connectivity index (χ4v) is 0.731. The molecule has 82 valence electrons. The second-order valence-corrected chi connectivity index (χ2v) is 2.69. The largest absolute Gasteiger partial charge is 0.480 e. The highest BCUT2D eigenvalue weighted by Gasteiger charge is 2.18. The molecule has 0 aliphatic rings. The topological polar surface area (TPSA) is 95.9 Å². The van der Waals surface area contributed by atoms with Gasteiger partial charge in [0.05, 0.1) is 6.61 Å². The molecule has 6 heteroatoms. The predicted octanol–water partition coefficient (Wildman–Crippen LogP) is -1.03. The van der Waals surface area contributed by atoms with E-state index in [2.05, 4.69) is 5.32 Å². The number of aliphatic hydroxyl groups is 1. The van der Waals surface area contributed by atoms with Crippen molar-refractivity contribution >= 4 is 11.9 Å². The number of carboxylic acids is 1. The molecular formula is C8H15NO5. The lowest BCUT2D eigenvalue weighted by molar-refractivity contribution is -0.143. The molecule has 0 bridgehead atoms. The lowest BCUT2D eigenvalue weighted by atomic mass is 10.3. The van der Waals surface area contributed by atoms with Gasteiger partial charge in [-0.15, -0.1) is 0 Å². The van der Waals surface area contributed by atoms with Crippen molar-refractivity contribution in [1.29, 1.82) is 0 Å². The van der Waals surface area contributed by atoms with E-state index in [0.29, 0.717) is 6.61 Å². The van der Waals surface area contributed by atoms with E-state index in [1.165, 1.54) is 0 Å². The summed E-state index contributed by atoms with van der Waals surface area (Å²) in [5, 5.41) is 19.2. The van der Waals surface area contributed by atoms with Gasteiger partial charge in [0.15, 0.2) is 0 Å². The van der Waals surface area contributed by atoms with E-state index in [9.17, 15) is 9.59 Å². The van der Waals surface area contributed by atoms with Gasteiger partial charge in [-0.2, -0.15) is 0 Å². The maximum Gasteiger partial charge on any atom is 0.328 e. The van der Waals surface area contributed by atoms with Gasteiger partial charge in [0.1, 0.15) is 12.6 Å². The zero-order chi connectivity index (χ0) is 11.0. The van der Waals surface area contributed by atoms with Gasteiger partial charge < -0.3 is 20.3 Å². The zero-order valence-corrected chi connectivity index (χ0v) is 8.02. The zero-order valence-electron chi connectivity index (χ0n) is 8.02. The molecule has 0 aliphatic heterocycles. The molecule has 6 nitrogen and oxygen atoms in total. The van der Waals surface area contributed by atoms with E-state index in [-0.39, 0.29) is 6.61 Å². The first-order valence-electron chi connectivity index (χ1n) is 4.32. The molecule has 0 aromatic rings. The van der Waals surface area contributed by atoms with Crippen LogP contribution in [0, 0.1) is 0 Å². The number of nitrogens with one attached hydrogen (secondary N) is 1. The maximum atomic E-state index is 11.0. The summed E-state index contributed by atoms with van der Waals surface area (Å²) >= 11 is 0. The summed E-state index contributed by atoms with van der Waals surface area (Å²) < 4.78 is 4.88. The Balaban J connectivity index is 3.74. The Morgan fingerprint density at radius 1 is 1.50 bits per heavy atom. The Morgan fingerprint density at radius 3 is 2.57 bits per heavy atom. The molecule has 1 amide bonds. The van der Waals surface area contributed by atoms with Crippen LogP contribution in [0.4, 0.5) is 0 Å². The quantitative estimate of drug-likeness (QED) is 0.462. The van der Waals surface area contributed by atoms with Crippen LogP contribution in [0.15, 0.2) is 0 Å². The summed E-state index contributed by atoms with van der Waals surface area (Å²) in [5.74, 6) is -1.81. The monoisotopic (exact) mass is 205 g/mol. The van der Waals surface area contributed by atoms with Gasteiger partial charge in [-0.3, -0.25) is 4.79 Å². The SMILES string of the molecule is CCCOCC(=O)N[C@@H](CO)C(=O)O. The van der Waals surface area contributed by atoms with Crippen molar-refractivity contribution in [2.75, 3.05) is 19.8 Å². The van der Waals surface area contributed by atoms with Crippen LogP contribution in [0.3, 0.4) is 0 Å². The van der Waals surface area contributed by atoms with Crippen molar-refractivity contribution in [3.63, 3.8) is 0 Å². The molecule has 0 saturated heterocycles. The fourth-order valence-electron chi connectivity index (χ4n) is 0.731. The number of hydrogen-bond donors (Lipinski definition) is 3. The average Bonchev–Trinajstić information content (AvgIpc) is 2.14. The van der Waals surface area contributed by atoms with Crippen LogP contribution >= 0.6 is 0 Å². The van der Waals surface area contributed by atoms with Crippen molar-refractivity contribution < 1.29 is 24.5 Å². The number of carboxylic acid groups (broad SMARTS) is 1. The first kappa shape index (κ1) is 12.9. The molecule has 0 aromatic heterocycles. The van der Waals surface area contributed by atoms with Crippen LogP contribution in [0.25, 0.3) is 0 Å². The van der Waals surface area contributed by atoms with Gasteiger partial charge in [0.2, 0.25) is 5.91 Å². The molecule has 3 N–H and O–H groups in total. The summed E-state index contributed by atoms with van der Waals surface area (Å²) in [5.41, 5.74) is 0. The summed E-state index contributed by atoms with van der Waals surface area (Å²) in [6, 6.07) is -1.26. The number of carbonyl (C=O) groups is 2. The Bertz CT molecular complexity index is 194. The first-order chi connectivity index (χ1) is 6.61. The molecule has 0 aromatic carbocycles. The number of amides is 1. The molecule has 0 aliphatic carbocycles. The lowest BCUT2D eigenvalue weighted by Crippen LogP contribution is -2.44. The third kappa shape index (κ3) is 5.50. The van der Waals surface area contributed by atoms with Gasteiger partial charge in [-0.1, -0.05) is 6.92 Å². The molecule has 0 saturated carbocycles. The summed E-state index contributed by atoms with van der Waals surface area (Å²) in [6.07, 6.45) is 0.787. The van der Waals surface area contributed by atoms with Crippen molar-refractivity contribution in [2.45, 2.75) is 19.4 Å². The van der Waals surface area contributed by atoms with Gasteiger partial charge in [0, 0.05) is 6.61 Å². The summed E-state index contributed by atoms with van der Waals surface area (Å²) in [6.45, 7) is 1.53. The van der Waals surface area contributed by atoms with Gasteiger partial charge in [-0.05, 0) is 6.42 Å². The van der Waals surface area contributed by atoms with Gasteiger partial charge >= 0.3 is 5.97 Å². The van der Waals surface area contributed by atoms with Crippen LogP contribution in [0.2, 0.25) is 0 Å². The van der Waals surface area contributed by atoms with Crippen molar-refractivity contribution in [3.8, 4) is 0 Å². The van der Waals surface area contributed by atoms with Crippen LogP contribution < -0.4 is 5.32 Å². The first-order valence-corrected chi connectivity index (χ1v) is 4.32. The number of hydrogen-bond acceptors (Lipinski definition) is 4.